The van der Waals surface area contributed by atoms with Crippen molar-refractivity contribution in [1.29, 1.82) is 0 Å². The van der Waals surface area contributed by atoms with Crippen molar-refractivity contribution in [2.45, 2.75) is 0 Å². The number of para-hydroxylation sites is 1. The number of anilines is 1. The van der Waals surface area contributed by atoms with E-state index in [9.17, 15) is 9.59 Å². The average Bonchev–Trinajstić information content (AvgIpc) is 2.46. The Labute approximate surface area is 100 Å². The first-order valence-electron chi connectivity index (χ1n) is 4.37. The second-order valence-corrected chi connectivity index (χ2v) is 4.34. The molecule has 1 amide bonds. The number of hydrogen-bond donors (Lipinski definition) is 0. The maximum atomic E-state index is 11.6. The predicted octanol–water partition coefficient (Wildman–Crippen LogP) is 2.22. The van der Waals surface area contributed by atoms with Crippen LogP contribution in [-0.4, -0.2) is 24.1 Å². The lowest BCUT2D eigenvalue weighted by Gasteiger charge is -2.15. The molecule has 3 nitrogen and oxygen atoms in total. The summed E-state index contributed by atoms with van der Waals surface area (Å²) >= 11 is 8.92. The summed E-state index contributed by atoms with van der Waals surface area (Å²) in [5.74, 6) is -0.659. The Morgan fingerprint density at radius 3 is 2.73 bits per heavy atom. The first kappa shape index (κ1) is 10.6. The molecule has 0 atom stereocenters. The van der Waals surface area contributed by atoms with Crippen LogP contribution in [0, 0.1) is 0 Å². The highest BCUT2D eigenvalue weighted by Crippen LogP contribution is 2.35. The van der Waals surface area contributed by atoms with E-state index >= 15 is 0 Å². The molecule has 0 aromatic heterocycles. The fourth-order valence-corrected chi connectivity index (χ4v) is 2.36. The van der Waals surface area contributed by atoms with Crippen LogP contribution in [0.2, 0.25) is 0 Å². The third kappa shape index (κ3) is 1.58. The lowest BCUT2D eigenvalue weighted by molar-refractivity contribution is -0.114. The number of benzene rings is 1. The third-order valence-electron chi connectivity index (χ3n) is 2.25. The van der Waals surface area contributed by atoms with Crippen molar-refractivity contribution in [2.24, 2.45) is 0 Å². The van der Waals surface area contributed by atoms with E-state index in [4.69, 9.17) is 11.6 Å². The summed E-state index contributed by atoms with van der Waals surface area (Å²) in [5.41, 5.74) is 1.08. The van der Waals surface area contributed by atoms with Gasteiger partial charge >= 0.3 is 0 Å². The molecule has 1 aliphatic rings. The number of carbonyl (C=O) groups is 2. The second-order valence-electron chi connectivity index (χ2n) is 3.11. The summed E-state index contributed by atoms with van der Waals surface area (Å²) in [6, 6.07) is 5.18. The van der Waals surface area contributed by atoms with Crippen LogP contribution >= 0.6 is 27.5 Å². The number of amides is 1. The second kappa shape index (κ2) is 3.94. The highest BCUT2D eigenvalue weighted by molar-refractivity contribution is 9.10. The minimum Gasteiger partial charge on any atom is -0.302 e. The van der Waals surface area contributed by atoms with Crippen molar-refractivity contribution in [2.75, 3.05) is 17.3 Å². The molecule has 2 rings (SSSR count). The lowest BCUT2D eigenvalue weighted by atomic mass is 10.1. The van der Waals surface area contributed by atoms with Crippen molar-refractivity contribution in [3.8, 4) is 0 Å². The standard InChI is InChI=1S/C10H7BrClNO2/c11-7-3-1-2-6-8(7)13(5-4-12)10(15)9(6)14/h1-3H,4-5H2. The zero-order valence-corrected chi connectivity index (χ0v) is 10.0. The molecule has 0 saturated carbocycles. The van der Waals surface area contributed by atoms with E-state index in [0.717, 1.165) is 4.47 Å². The van der Waals surface area contributed by atoms with Crippen LogP contribution in [0.4, 0.5) is 5.69 Å². The van der Waals surface area contributed by atoms with E-state index in [0.29, 0.717) is 23.7 Å². The molecule has 0 N–H and O–H groups in total. The Bertz CT molecular complexity index is 447. The largest absolute Gasteiger partial charge is 0.302 e. The van der Waals surface area contributed by atoms with Crippen LogP contribution in [0.25, 0.3) is 0 Å². The van der Waals surface area contributed by atoms with Crippen LogP contribution in [0.5, 0.6) is 0 Å². The molecule has 0 unspecified atom stereocenters. The van der Waals surface area contributed by atoms with E-state index in [1.165, 1.54) is 4.90 Å². The number of carbonyl (C=O) groups excluding carboxylic acids is 2. The molecule has 0 spiro atoms. The van der Waals surface area contributed by atoms with Gasteiger partial charge in [-0.2, -0.15) is 0 Å². The molecule has 0 bridgehead atoms. The van der Waals surface area contributed by atoms with E-state index in [1.807, 2.05) is 0 Å². The summed E-state index contributed by atoms with van der Waals surface area (Å²) in [5, 5.41) is 0. The molecule has 1 heterocycles. The quantitative estimate of drug-likeness (QED) is 0.618. The van der Waals surface area contributed by atoms with E-state index in [2.05, 4.69) is 15.9 Å². The first-order valence-corrected chi connectivity index (χ1v) is 5.70. The number of nitrogens with zero attached hydrogens (tertiary/aromatic N) is 1. The minimum absolute atomic E-state index is 0.305. The summed E-state index contributed by atoms with van der Waals surface area (Å²) in [6.07, 6.45) is 0. The number of Topliss-reactive ketones (excluding diaryl/α,β-unsaturated/α-hetero) is 1. The van der Waals surface area contributed by atoms with Gasteiger partial charge in [-0.05, 0) is 28.1 Å². The normalized spacial score (nSPS) is 14.7. The minimum atomic E-state index is -0.502. The number of fused-ring (bicyclic) bond motifs is 1. The fraction of sp³-hybridized carbons (Fsp3) is 0.200. The maximum absolute atomic E-state index is 11.6. The van der Waals surface area contributed by atoms with Crippen LogP contribution < -0.4 is 4.90 Å². The van der Waals surface area contributed by atoms with Gasteiger partial charge in [0.05, 0.1) is 11.3 Å². The van der Waals surface area contributed by atoms with Crippen LogP contribution in [0.3, 0.4) is 0 Å². The molecule has 5 heteroatoms. The van der Waals surface area contributed by atoms with Crippen molar-refractivity contribution in [1.82, 2.24) is 0 Å². The first-order chi connectivity index (χ1) is 7.16. The number of rotatable bonds is 2. The van der Waals surface area contributed by atoms with Crippen molar-refractivity contribution in [3.05, 3.63) is 28.2 Å². The SMILES string of the molecule is O=C1C(=O)N(CCCl)c2c(Br)cccc21. The van der Waals surface area contributed by atoms with Gasteiger partial charge in [-0.25, -0.2) is 0 Å². The molecular weight excluding hydrogens is 281 g/mol. The van der Waals surface area contributed by atoms with Gasteiger partial charge in [0, 0.05) is 16.9 Å². The maximum Gasteiger partial charge on any atom is 0.299 e. The van der Waals surface area contributed by atoms with Gasteiger partial charge in [-0.1, -0.05) is 6.07 Å². The Hall–Kier alpha value is -0.870. The molecule has 78 valence electrons. The molecule has 0 radical (unpaired) electrons. The van der Waals surface area contributed by atoms with Crippen molar-refractivity contribution in [3.63, 3.8) is 0 Å². The number of halogens is 2. The van der Waals surface area contributed by atoms with Crippen LogP contribution in [0.15, 0.2) is 22.7 Å². The number of hydrogen-bond acceptors (Lipinski definition) is 2. The van der Waals surface area contributed by atoms with E-state index in [-0.39, 0.29) is 0 Å². The van der Waals surface area contributed by atoms with Gasteiger partial charge in [-0.3, -0.25) is 9.59 Å². The van der Waals surface area contributed by atoms with Gasteiger partial charge in [0.1, 0.15) is 0 Å². The Balaban J connectivity index is 2.56. The monoisotopic (exact) mass is 287 g/mol. The Morgan fingerprint density at radius 1 is 1.33 bits per heavy atom. The summed E-state index contributed by atoms with van der Waals surface area (Å²) in [6.45, 7) is 0.349. The van der Waals surface area contributed by atoms with Crippen molar-refractivity contribution < 1.29 is 9.59 Å². The third-order valence-corrected chi connectivity index (χ3v) is 3.06. The van der Waals surface area contributed by atoms with Crippen LogP contribution in [-0.2, 0) is 4.79 Å². The molecule has 1 aliphatic heterocycles. The van der Waals surface area contributed by atoms with Crippen LogP contribution in [0.1, 0.15) is 10.4 Å². The molecule has 15 heavy (non-hydrogen) atoms. The van der Waals surface area contributed by atoms with Gasteiger partial charge in [0.2, 0.25) is 0 Å². The molecule has 0 aliphatic carbocycles. The highest BCUT2D eigenvalue weighted by Gasteiger charge is 2.36. The zero-order chi connectivity index (χ0) is 11.0. The molecule has 0 saturated heterocycles. The average molecular weight is 289 g/mol. The van der Waals surface area contributed by atoms with Gasteiger partial charge < -0.3 is 4.90 Å². The molecule has 1 aromatic rings. The fourth-order valence-electron chi connectivity index (χ4n) is 1.61. The predicted molar refractivity (Wildman–Crippen MR) is 61.5 cm³/mol. The van der Waals surface area contributed by atoms with Gasteiger partial charge in [-0.15, -0.1) is 11.6 Å². The molecular formula is C10H7BrClNO2. The smallest absolute Gasteiger partial charge is 0.299 e. The number of alkyl halides is 1. The van der Waals surface area contributed by atoms with Crippen molar-refractivity contribution >= 4 is 44.9 Å². The molecule has 0 fully saturated rings. The van der Waals surface area contributed by atoms with Gasteiger partial charge in [0.15, 0.2) is 0 Å². The summed E-state index contributed by atoms with van der Waals surface area (Å²) < 4.78 is 0.740. The lowest BCUT2D eigenvalue weighted by Crippen LogP contribution is -2.31. The topological polar surface area (TPSA) is 37.4 Å². The highest BCUT2D eigenvalue weighted by atomic mass is 79.9. The van der Waals surface area contributed by atoms with E-state index in [1.54, 1.807) is 18.2 Å². The summed E-state index contributed by atoms with van der Waals surface area (Å²) in [4.78, 5) is 24.6. The Morgan fingerprint density at radius 2 is 2.07 bits per heavy atom. The summed E-state index contributed by atoms with van der Waals surface area (Å²) in [7, 11) is 0. The zero-order valence-electron chi connectivity index (χ0n) is 7.67. The van der Waals surface area contributed by atoms with E-state index < -0.39 is 11.7 Å². The molecule has 1 aromatic carbocycles. The number of ketones is 1. The Kier molecular flexibility index (Phi) is 2.80. The van der Waals surface area contributed by atoms with Gasteiger partial charge in [0.25, 0.3) is 11.7 Å².